The Kier molecular flexibility index (Phi) is 2.23. The lowest BCUT2D eigenvalue weighted by Crippen LogP contribution is -2.07. The van der Waals surface area contributed by atoms with Gasteiger partial charge in [-0.3, -0.25) is 0 Å². The van der Waals surface area contributed by atoms with Gasteiger partial charge in [-0.05, 0) is 31.0 Å². The van der Waals surface area contributed by atoms with Gasteiger partial charge in [0, 0.05) is 0 Å². The molecule has 0 saturated heterocycles. The van der Waals surface area contributed by atoms with E-state index in [9.17, 15) is 0 Å². The van der Waals surface area contributed by atoms with Crippen LogP contribution in [0.25, 0.3) is 0 Å². The summed E-state index contributed by atoms with van der Waals surface area (Å²) >= 11 is 0. The third-order valence-electron chi connectivity index (χ3n) is 2.03. The Morgan fingerprint density at radius 1 is 1.29 bits per heavy atom. The Morgan fingerprint density at radius 2 is 2.00 bits per heavy atom. The lowest BCUT2D eigenvalue weighted by molar-refractivity contribution is 0.176. The Balaban J connectivity index is 2.33. The van der Waals surface area contributed by atoms with E-state index < -0.39 is 0 Å². The highest BCUT2D eigenvalue weighted by molar-refractivity contribution is 5.39. The van der Waals surface area contributed by atoms with Crippen LogP contribution in [0.5, 0.6) is 5.75 Å². The molecule has 0 atom stereocenters. The topological polar surface area (TPSA) is 27.1 Å². The fraction of sp³-hybridized carbons (Fsp3) is 0.182. The van der Waals surface area contributed by atoms with Crippen LogP contribution < -0.4 is 4.84 Å². The Labute approximate surface area is 82.9 Å². The maximum absolute atomic E-state index is 5.55. The number of nitrogens with zero attached hydrogens (tertiary/aromatic N) is 2. The van der Waals surface area contributed by atoms with Gasteiger partial charge in [0.05, 0.1) is 6.20 Å². The number of hydrogen-bond acceptors (Lipinski definition) is 2. The summed E-state index contributed by atoms with van der Waals surface area (Å²) in [6.45, 7) is 4.02. The fourth-order valence-electron chi connectivity index (χ4n) is 1.31. The molecule has 0 aliphatic rings. The molecule has 2 aromatic rings. The van der Waals surface area contributed by atoms with Crippen LogP contribution in [-0.4, -0.2) is 9.94 Å². The van der Waals surface area contributed by atoms with Crippen LogP contribution in [-0.2, 0) is 0 Å². The zero-order valence-corrected chi connectivity index (χ0v) is 8.19. The molecule has 3 nitrogen and oxygen atoms in total. The first kappa shape index (κ1) is 8.81. The molecule has 14 heavy (non-hydrogen) atoms. The smallest absolute Gasteiger partial charge is 0.163 e. The zero-order chi connectivity index (χ0) is 9.97. The maximum Gasteiger partial charge on any atom is 0.163 e. The summed E-state index contributed by atoms with van der Waals surface area (Å²) in [6.07, 6.45) is 4.39. The van der Waals surface area contributed by atoms with Crippen molar-refractivity contribution >= 4 is 0 Å². The van der Waals surface area contributed by atoms with Gasteiger partial charge < -0.3 is 4.84 Å². The number of aromatic nitrogens is 2. The van der Waals surface area contributed by atoms with Crippen molar-refractivity contribution in [3.8, 4) is 5.75 Å². The first-order valence-corrected chi connectivity index (χ1v) is 4.43. The van der Waals surface area contributed by atoms with E-state index in [-0.39, 0.29) is 0 Å². The molecule has 2 rings (SSSR count). The minimum Gasteiger partial charge on any atom is -0.358 e. The zero-order valence-electron chi connectivity index (χ0n) is 8.19. The molecule has 1 aromatic carbocycles. The molecule has 3 heteroatoms. The lowest BCUT2D eigenvalue weighted by Gasteiger charge is -2.09. The van der Waals surface area contributed by atoms with E-state index in [1.165, 1.54) is 4.85 Å². The maximum atomic E-state index is 5.55. The number of hydrogen-bond donors (Lipinski definition) is 0. The summed E-state index contributed by atoms with van der Waals surface area (Å²) in [6, 6.07) is 7.73. The number of rotatable bonds is 2. The SMILES string of the molecule is Cc1cccc(C)c1On1cc[c]n1. The fourth-order valence-corrected chi connectivity index (χ4v) is 1.31. The molecular formula is C11H11N2O. The molecule has 0 unspecified atom stereocenters. The van der Waals surface area contributed by atoms with Crippen molar-refractivity contribution in [2.24, 2.45) is 0 Å². The molecule has 0 amide bonds. The Morgan fingerprint density at radius 3 is 2.57 bits per heavy atom. The predicted octanol–water partition coefficient (Wildman–Crippen LogP) is 2.14. The van der Waals surface area contributed by atoms with Crippen molar-refractivity contribution in [3.63, 3.8) is 0 Å². The molecule has 0 spiro atoms. The second kappa shape index (κ2) is 3.54. The van der Waals surface area contributed by atoms with E-state index in [2.05, 4.69) is 11.3 Å². The molecule has 1 aromatic heterocycles. The number of aryl methyl sites for hydroxylation is 2. The standard InChI is InChI=1S/C11H11N2O/c1-9-5-3-6-10(2)11(9)14-13-8-4-7-12-13/h3-6,8H,1-2H3. The summed E-state index contributed by atoms with van der Waals surface area (Å²) in [5.41, 5.74) is 2.20. The third kappa shape index (κ3) is 1.62. The number of para-hydroxylation sites is 1. The summed E-state index contributed by atoms with van der Waals surface area (Å²) in [5, 5.41) is 3.86. The molecule has 0 aliphatic carbocycles. The van der Waals surface area contributed by atoms with Crippen molar-refractivity contribution in [1.82, 2.24) is 9.94 Å². The summed E-state index contributed by atoms with van der Waals surface area (Å²) < 4.78 is 0. The van der Waals surface area contributed by atoms with Crippen LogP contribution >= 0.6 is 0 Å². The molecule has 1 heterocycles. The average Bonchev–Trinajstić information content (AvgIpc) is 2.64. The van der Waals surface area contributed by atoms with Gasteiger partial charge in [-0.1, -0.05) is 23.0 Å². The van der Waals surface area contributed by atoms with Crippen LogP contribution in [0.2, 0.25) is 0 Å². The van der Waals surface area contributed by atoms with Crippen LogP contribution in [0.15, 0.2) is 30.5 Å². The first-order chi connectivity index (χ1) is 6.77. The van der Waals surface area contributed by atoms with Gasteiger partial charge in [-0.15, -0.1) is 5.10 Å². The van der Waals surface area contributed by atoms with Crippen molar-refractivity contribution < 1.29 is 4.84 Å². The monoisotopic (exact) mass is 187 g/mol. The Hall–Kier alpha value is -1.77. The number of benzene rings is 1. The van der Waals surface area contributed by atoms with E-state index >= 15 is 0 Å². The highest BCUT2D eigenvalue weighted by Crippen LogP contribution is 2.22. The van der Waals surface area contributed by atoms with Crippen molar-refractivity contribution in [2.75, 3.05) is 0 Å². The molecule has 71 valence electrons. The van der Waals surface area contributed by atoms with E-state index in [0.29, 0.717) is 0 Å². The van der Waals surface area contributed by atoms with Gasteiger partial charge in [-0.2, -0.15) is 0 Å². The van der Waals surface area contributed by atoms with Crippen LogP contribution in [0.3, 0.4) is 0 Å². The minimum atomic E-state index is 0.851. The van der Waals surface area contributed by atoms with Gasteiger partial charge in [-0.25, -0.2) is 0 Å². The second-order valence-corrected chi connectivity index (χ2v) is 3.16. The molecular weight excluding hydrogens is 176 g/mol. The van der Waals surface area contributed by atoms with E-state index in [4.69, 9.17) is 4.84 Å². The summed E-state index contributed by atoms with van der Waals surface area (Å²) in [5.74, 6) is 0.851. The van der Waals surface area contributed by atoms with E-state index in [1.807, 2.05) is 32.0 Å². The summed E-state index contributed by atoms with van der Waals surface area (Å²) in [4.78, 5) is 6.95. The van der Waals surface area contributed by atoms with E-state index in [1.54, 1.807) is 12.3 Å². The normalized spacial score (nSPS) is 10.1. The summed E-state index contributed by atoms with van der Waals surface area (Å²) in [7, 11) is 0. The molecule has 0 fully saturated rings. The highest BCUT2D eigenvalue weighted by Gasteiger charge is 2.04. The first-order valence-electron chi connectivity index (χ1n) is 4.43. The van der Waals surface area contributed by atoms with Crippen molar-refractivity contribution in [3.05, 3.63) is 47.8 Å². The van der Waals surface area contributed by atoms with Crippen LogP contribution in [0.4, 0.5) is 0 Å². The quantitative estimate of drug-likeness (QED) is 0.720. The van der Waals surface area contributed by atoms with Gasteiger partial charge in [0.25, 0.3) is 0 Å². The minimum absolute atomic E-state index is 0.851. The van der Waals surface area contributed by atoms with Gasteiger partial charge in [0.15, 0.2) is 5.75 Å². The van der Waals surface area contributed by atoms with Crippen molar-refractivity contribution in [1.29, 1.82) is 0 Å². The largest absolute Gasteiger partial charge is 0.358 e. The second-order valence-electron chi connectivity index (χ2n) is 3.16. The molecule has 0 bridgehead atoms. The Bertz CT molecular complexity index is 401. The highest BCUT2D eigenvalue weighted by atomic mass is 16.7. The lowest BCUT2D eigenvalue weighted by atomic mass is 10.1. The van der Waals surface area contributed by atoms with Crippen LogP contribution in [0.1, 0.15) is 11.1 Å². The third-order valence-corrected chi connectivity index (χ3v) is 2.03. The molecule has 0 saturated carbocycles. The van der Waals surface area contributed by atoms with Crippen LogP contribution in [0, 0.1) is 20.0 Å². The molecule has 1 radical (unpaired) electrons. The van der Waals surface area contributed by atoms with Gasteiger partial charge in [0.2, 0.25) is 0 Å². The van der Waals surface area contributed by atoms with Gasteiger partial charge >= 0.3 is 0 Å². The average molecular weight is 187 g/mol. The van der Waals surface area contributed by atoms with Crippen molar-refractivity contribution in [2.45, 2.75) is 13.8 Å². The molecule has 0 N–H and O–H groups in total. The van der Waals surface area contributed by atoms with Gasteiger partial charge in [0.1, 0.15) is 6.20 Å². The molecule has 0 aliphatic heterocycles. The van der Waals surface area contributed by atoms with E-state index in [0.717, 1.165) is 16.9 Å². The predicted molar refractivity (Wildman–Crippen MR) is 53.0 cm³/mol.